The van der Waals surface area contributed by atoms with Gasteiger partial charge in [-0.05, 0) is 47.5 Å². The molecule has 1 unspecified atom stereocenters. The predicted octanol–water partition coefficient (Wildman–Crippen LogP) is 4.29. The number of nitrogens with one attached hydrogen (secondary N) is 1. The van der Waals surface area contributed by atoms with Crippen molar-refractivity contribution in [3.05, 3.63) is 50.6 Å². The van der Waals surface area contributed by atoms with Gasteiger partial charge in [0.05, 0.1) is 11.6 Å². The van der Waals surface area contributed by atoms with Gasteiger partial charge in [0.25, 0.3) is 5.91 Å². The number of benzene rings is 1. The van der Waals surface area contributed by atoms with Gasteiger partial charge < -0.3 is 5.32 Å². The van der Waals surface area contributed by atoms with Crippen LogP contribution in [0.4, 0.5) is 0 Å². The third-order valence-corrected chi connectivity index (χ3v) is 4.16. The lowest BCUT2D eigenvalue weighted by atomic mass is 10.1. The van der Waals surface area contributed by atoms with E-state index in [1.807, 2.05) is 35.9 Å². The summed E-state index contributed by atoms with van der Waals surface area (Å²) in [6.07, 6.45) is 0. The molecule has 0 aliphatic heterocycles. The SMILES string of the molecule is CC(NC(=O)c1ccc(Br)cc1S)c1ccsc1. The molecule has 2 nitrogen and oxygen atoms in total. The monoisotopic (exact) mass is 341 g/mol. The van der Waals surface area contributed by atoms with Crippen molar-refractivity contribution in [2.24, 2.45) is 0 Å². The summed E-state index contributed by atoms with van der Waals surface area (Å²) in [5.74, 6) is -0.105. The van der Waals surface area contributed by atoms with E-state index in [9.17, 15) is 4.79 Å². The van der Waals surface area contributed by atoms with E-state index in [1.54, 1.807) is 17.4 Å². The average Bonchev–Trinajstić information content (AvgIpc) is 2.81. The van der Waals surface area contributed by atoms with Crippen molar-refractivity contribution in [3.8, 4) is 0 Å². The van der Waals surface area contributed by atoms with Crippen molar-refractivity contribution in [2.45, 2.75) is 17.9 Å². The quantitative estimate of drug-likeness (QED) is 0.801. The smallest absolute Gasteiger partial charge is 0.252 e. The van der Waals surface area contributed by atoms with Gasteiger partial charge in [0, 0.05) is 9.37 Å². The van der Waals surface area contributed by atoms with E-state index in [1.165, 1.54) is 0 Å². The van der Waals surface area contributed by atoms with Gasteiger partial charge in [-0.15, -0.1) is 12.6 Å². The third kappa shape index (κ3) is 3.16. The van der Waals surface area contributed by atoms with E-state index in [0.717, 1.165) is 10.0 Å². The maximum atomic E-state index is 12.1. The molecule has 0 saturated carbocycles. The Labute approximate surface area is 124 Å². The second-order valence-corrected chi connectivity index (χ2v) is 6.09. The molecule has 0 fully saturated rings. The lowest BCUT2D eigenvalue weighted by Crippen LogP contribution is -2.26. The van der Waals surface area contributed by atoms with E-state index >= 15 is 0 Å². The lowest BCUT2D eigenvalue weighted by Gasteiger charge is -2.13. The standard InChI is InChI=1S/C13H12BrNOS2/c1-8(9-4-5-18-7-9)15-13(16)11-3-2-10(14)6-12(11)17/h2-8,17H,1H3,(H,15,16). The van der Waals surface area contributed by atoms with Crippen LogP contribution in [0.3, 0.4) is 0 Å². The fourth-order valence-electron chi connectivity index (χ4n) is 1.58. The summed E-state index contributed by atoms with van der Waals surface area (Å²) in [5, 5.41) is 7.00. The van der Waals surface area contributed by atoms with Crippen molar-refractivity contribution in [3.63, 3.8) is 0 Å². The van der Waals surface area contributed by atoms with Crippen molar-refractivity contribution in [1.82, 2.24) is 5.32 Å². The molecular formula is C13H12BrNOS2. The summed E-state index contributed by atoms with van der Waals surface area (Å²) >= 11 is 9.29. The fraction of sp³-hybridized carbons (Fsp3) is 0.154. The summed E-state index contributed by atoms with van der Waals surface area (Å²) in [6.45, 7) is 1.97. The summed E-state index contributed by atoms with van der Waals surface area (Å²) in [5.41, 5.74) is 1.70. The average molecular weight is 342 g/mol. The zero-order valence-electron chi connectivity index (χ0n) is 9.68. The number of carbonyl (C=O) groups excluding carboxylic acids is 1. The Hall–Kier alpha value is -0.780. The summed E-state index contributed by atoms with van der Waals surface area (Å²) in [4.78, 5) is 12.8. The number of thiol groups is 1. The molecule has 1 heterocycles. The normalized spacial score (nSPS) is 12.2. The summed E-state index contributed by atoms with van der Waals surface area (Å²) in [7, 11) is 0. The van der Waals surface area contributed by atoms with Crippen LogP contribution in [-0.4, -0.2) is 5.91 Å². The Balaban J connectivity index is 2.12. The molecule has 0 bridgehead atoms. The zero-order valence-corrected chi connectivity index (χ0v) is 13.0. The van der Waals surface area contributed by atoms with Crippen LogP contribution < -0.4 is 5.32 Å². The predicted molar refractivity (Wildman–Crippen MR) is 81.6 cm³/mol. The van der Waals surface area contributed by atoms with Crippen LogP contribution in [0, 0.1) is 0 Å². The lowest BCUT2D eigenvalue weighted by molar-refractivity contribution is 0.0937. The van der Waals surface area contributed by atoms with E-state index in [-0.39, 0.29) is 11.9 Å². The Morgan fingerprint density at radius 1 is 1.44 bits per heavy atom. The van der Waals surface area contributed by atoms with Crippen molar-refractivity contribution in [2.75, 3.05) is 0 Å². The molecule has 18 heavy (non-hydrogen) atoms. The molecule has 94 valence electrons. The number of carbonyl (C=O) groups is 1. The van der Waals surface area contributed by atoms with Gasteiger partial charge in [-0.25, -0.2) is 0 Å². The number of rotatable bonds is 3. The first-order valence-corrected chi connectivity index (χ1v) is 7.57. The molecule has 0 aliphatic rings. The highest BCUT2D eigenvalue weighted by Gasteiger charge is 2.13. The maximum absolute atomic E-state index is 12.1. The highest BCUT2D eigenvalue weighted by molar-refractivity contribution is 9.10. The van der Waals surface area contributed by atoms with Crippen LogP contribution >= 0.6 is 39.9 Å². The molecule has 5 heteroatoms. The van der Waals surface area contributed by atoms with Gasteiger partial charge in [-0.1, -0.05) is 15.9 Å². The Morgan fingerprint density at radius 3 is 2.83 bits per heavy atom. The number of hydrogen-bond acceptors (Lipinski definition) is 3. The second-order valence-electron chi connectivity index (χ2n) is 3.91. The van der Waals surface area contributed by atoms with E-state index in [4.69, 9.17) is 0 Å². The maximum Gasteiger partial charge on any atom is 0.252 e. The topological polar surface area (TPSA) is 29.1 Å². The molecule has 0 saturated heterocycles. The molecule has 1 aromatic heterocycles. The third-order valence-electron chi connectivity index (χ3n) is 2.60. The van der Waals surface area contributed by atoms with Crippen molar-refractivity contribution < 1.29 is 4.79 Å². The minimum absolute atomic E-state index is 0.000121. The van der Waals surface area contributed by atoms with E-state index < -0.39 is 0 Å². The van der Waals surface area contributed by atoms with Gasteiger partial charge in [0.15, 0.2) is 0 Å². The molecule has 2 aromatic rings. The minimum Gasteiger partial charge on any atom is -0.345 e. The number of amides is 1. The van der Waals surface area contributed by atoms with Crippen LogP contribution in [-0.2, 0) is 0 Å². The Morgan fingerprint density at radius 2 is 2.22 bits per heavy atom. The first-order valence-electron chi connectivity index (χ1n) is 5.39. The first kappa shape index (κ1) is 13.6. The molecule has 0 spiro atoms. The van der Waals surface area contributed by atoms with Crippen molar-refractivity contribution in [1.29, 1.82) is 0 Å². The number of thiophene rings is 1. The van der Waals surface area contributed by atoms with Crippen LogP contribution in [0.5, 0.6) is 0 Å². The van der Waals surface area contributed by atoms with E-state index in [2.05, 4.69) is 33.9 Å². The van der Waals surface area contributed by atoms with Gasteiger partial charge in [0.2, 0.25) is 0 Å². The largest absolute Gasteiger partial charge is 0.345 e. The minimum atomic E-state index is -0.105. The Kier molecular flexibility index (Phi) is 4.48. The molecule has 1 atom stereocenters. The van der Waals surface area contributed by atoms with Crippen LogP contribution in [0.2, 0.25) is 0 Å². The first-order chi connectivity index (χ1) is 8.58. The highest BCUT2D eigenvalue weighted by Crippen LogP contribution is 2.21. The van der Waals surface area contributed by atoms with Crippen LogP contribution in [0.25, 0.3) is 0 Å². The zero-order chi connectivity index (χ0) is 13.1. The fourth-order valence-corrected chi connectivity index (χ4v) is 3.18. The molecule has 2 rings (SSSR count). The molecule has 0 radical (unpaired) electrons. The molecule has 1 N–H and O–H groups in total. The highest BCUT2D eigenvalue weighted by atomic mass is 79.9. The molecule has 0 aliphatic carbocycles. The summed E-state index contributed by atoms with van der Waals surface area (Å²) in [6, 6.07) is 7.43. The van der Waals surface area contributed by atoms with Crippen LogP contribution in [0.15, 0.2) is 44.4 Å². The van der Waals surface area contributed by atoms with E-state index in [0.29, 0.717) is 10.5 Å². The van der Waals surface area contributed by atoms with Crippen LogP contribution in [0.1, 0.15) is 28.9 Å². The summed E-state index contributed by atoms with van der Waals surface area (Å²) < 4.78 is 0.912. The second kappa shape index (κ2) is 5.91. The molecule has 1 amide bonds. The number of halogens is 1. The van der Waals surface area contributed by atoms with Gasteiger partial charge in [0.1, 0.15) is 0 Å². The molecule has 1 aromatic carbocycles. The van der Waals surface area contributed by atoms with Gasteiger partial charge >= 0.3 is 0 Å². The molecular weight excluding hydrogens is 330 g/mol. The van der Waals surface area contributed by atoms with Crippen molar-refractivity contribution >= 4 is 45.8 Å². The Bertz CT molecular complexity index is 554. The van der Waals surface area contributed by atoms with Gasteiger partial charge in [-0.3, -0.25) is 4.79 Å². The number of hydrogen-bond donors (Lipinski definition) is 2. The van der Waals surface area contributed by atoms with Gasteiger partial charge in [-0.2, -0.15) is 11.3 Å².